The summed E-state index contributed by atoms with van der Waals surface area (Å²) in [7, 11) is 0. The zero-order valence-corrected chi connectivity index (χ0v) is 12.3. The average molecular weight is 263 g/mol. The Kier molecular flexibility index (Phi) is 4.61. The molecule has 1 saturated carbocycles. The molecule has 0 amide bonds. The van der Waals surface area contributed by atoms with Gasteiger partial charge in [-0.05, 0) is 38.5 Å². The molecule has 0 aliphatic heterocycles. The van der Waals surface area contributed by atoms with Crippen LogP contribution in [0.3, 0.4) is 0 Å². The molecule has 0 radical (unpaired) electrons. The van der Waals surface area contributed by atoms with Crippen molar-refractivity contribution in [1.82, 2.24) is 9.97 Å². The zero-order valence-electron chi connectivity index (χ0n) is 12.3. The van der Waals surface area contributed by atoms with Crippen molar-refractivity contribution >= 4 is 5.95 Å². The molecule has 0 spiro atoms. The lowest BCUT2D eigenvalue weighted by atomic mass is 9.83. The number of nitrogens with one attached hydrogen (secondary N) is 1. The SMILES string of the molecule is CCC1(CNc2nccc(OC(C)C)n2)CCCC1. The Bertz CT molecular complexity index is 400. The topological polar surface area (TPSA) is 47.0 Å². The molecule has 0 bridgehead atoms. The standard InChI is InChI=1S/C15H25N3O/c1-4-15(8-5-6-9-15)11-17-14-16-10-7-13(18-14)19-12(2)3/h7,10,12H,4-6,8-9,11H2,1-3H3,(H,16,17,18). The fourth-order valence-electron chi connectivity index (χ4n) is 2.78. The fourth-order valence-corrected chi connectivity index (χ4v) is 2.78. The predicted molar refractivity (Wildman–Crippen MR) is 77.5 cm³/mol. The highest BCUT2D eigenvalue weighted by Gasteiger charge is 2.31. The summed E-state index contributed by atoms with van der Waals surface area (Å²) in [5.74, 6) is 1.32. The Morgan fingerprint density at radius 3 is 2.74 bits per heavy atom. The van der Waals surface area contributed by atoms with Crippen molar-refractivity contribution in [2.24, 2.45) is 5.41 Å². The second-order valence-corrected chi connectivity index (χ2v) is 5.80. The molecule has 0 saturated heterocycles. The van der Waals surface area contributed by atoms with Crippen molar-refractivity contribution in [3.8, 4) is 5.88 Å². The van der Waals surface area contributed by atoms with E-state index in [-0.39, 0.29) is 6.10 Å². The largest absolute Gasteiger partial charge is 0.475 e. The molecule has 1 aliphatic carbocycles. The third-order valence-corrected chi connectivity index (χ3v) is 4.02. The summed E-state index contributed by atoms with van der Waals surface area (Å²) in [4.78, 5) is 8.67. The lowest BCUT2D eigenvalue weighted by Crippen LogP contribution is -2.26. The van der Waals surface area contributed by atoms with Gasteiger partial charge in [-0.2, -0.15) is 4.98 Å². The van der Waals surface area contributed by atoms with Gasteiger partial charge in [0.15, 0.2) is 0 Å². The third-order valence-electron chi connectivity index (χ3n) is 4.02. The number of hydrogen-bond donors (Lipinski definition) is 1. The first-order valence-corrected chi connectivity index (χ1v) is 7.37. The monoisotopic (exact) mass is 263 g/mol. The second-order valence-electron chi connectivity index (χ2n) is 5.80. The fraction of sp³-hybridized carbons (Fsp3) is 0.733. The Labute approximate surface area is 116 Å². The number of aromatic nitrogens is 2. The Hall–Kier alpha value is -1.32. The first kappa shape index (κ1) is 14.1. The van der Waals surface area contributed by atoms with E-state index in [1.54, 1.807) is 12.3 Å². The van der Waals surface area contributed by atoms with Crippen LogP contribution in [0.1, 0.15) is 52.9 Å². The molecular weight excluding hydrogens is 238 g/mol. The van der Waals surface area contributed by atoms with Crippen LogP contribution in [0.4, 0.5) is 5.95 Å². The van der Waals surface area contributed by atoms with Gasteiger partial charge >= 0.3 is 0 Å². The van der Waals surface area contributed by atoms with Gasteiger partial charge in [-0.25, -0.2) is 4.98 Å². The van der Waals surface area contributed by atoms with Gasteiger partial charge in [0.05, 0.1) is 6.10 Å². The molecule has 1 aromatic heterocycles. The number of rotatable bonds is 6. The van der Waals surface area contributed by atoms with E-state index in [4.69, 9.17) is 4.74 Å². The van der Waals surface area contributed by atoms with E-state index >= 15 is 0 Å². The van der Waals surface area contributed by atoms with Gasteiger partial charge in [0, 0.05) is 18.8 Å². The third kappa shape index (κ3) is 3.82. The van der Waals surface area contributed by atoms with Gasteiger partial charge in [-0.3, -0.25) is 0 Å². The van der Waals surface area contributed by atoms with Gasteiger partial charge in [0.1, 0.15) is 0 Å². The highest BCUT2D eigenvalue weighted by Crippen LogP contribution is 2.40. The van der Waals surface area contributed by atoms with Gasteiger partial charge in [-0.15, -0.1) is 0 Å². The molecule has 1 heterocycles. The normalized spacial score (nSPS) is 17.7. The Morgan fingerprint density at radius 1 is 1.37 bits per heavy atom. The highest BCUT2D eigenvalue weighted by atomic mass is 16.5. The first-order chi connectivity index (χ1) is 9.13. The van der Waals surface area contributed by atoms with E-state index in [0.717, 1.165) is 6.54 Å². The Morgan fingerprint density at radius 2 is 2.11 bits per heavy atom. The minimum absolute atomic E-state index is 0.138. The van der Waals surface area contributed by atoms with E-state index in [0.29, 0.717) is 17.2 Å². The maximum atomic E-state index is 5.59. The van der Waals surface area contributed by atoms with Crippen LogP contribution in [0.5, 0.6) is 5.88 Å². The number of anilines is 1. The van der Waals surface area contributed by atoms with Gasteiger partial charge < -0.3 is 10.1 Å². The van der Waals surface area contributed by atoms with E-state index in [1.165, 1.54) is 32.1 Å². The minimum atomic E-state index is 0.138. The minimum Gasteiger partial charge on any atom is -0.475 e. The van der Waals surface area contributed by atoms with Crippen LogP contribution in [0.2, 0.25) is 0 Å². The molecular formula is C15H25N3O. The van der Waals surface area contributed by atoms with Crippen LogP contribution in [0.15, 0.2) is 12.3 Å². The van der Waals surface area contributed by atoms with Crippen molar-refractivity contribution in [2.45, 2.75) is 59.0 Å². The first-order valence-electron chi connectivity index (χ1n) is 7.37. The zero-order chi connectivity index (χ0) is 13.7. The van der Waals surface area contributed by atoms with Crippen LogP contribution in [0.25, 0.3) is 0 Å². The predicted octanol–water partition coefficient (Wildman–Crippen LogP) is 3.65. The quantitative estimate of drug-likeness (QED) is 0.851. The average Bonchev–Trinajstić information content (AvgIpc) is 2.86. The molecule has 0 atom stereocenters. The van der Waals surface area contributed by atoms with Crippen molar-refractivity contribution in [1.29, 1.82) is 0 Å². The number of nitrogens with zero attached hydrogens (tertiary/aromatic N) is 2. The van der Waals surface area contributed by atoms with Crippen LogP contribution in [0, 0.1) is 5.41 Å². The van der Waals surface area contributed by atoms with E-state index < -0.39 is 0 Å². The molecule has 0 unspecified atom stereocenters. The maximum absolute atomic E-state index is 5.59. The molecule has 0 aromatic carbocycles. The van der Waals surface area contributed by atoms with Gasteiger partial charge in [0.25, 0.3) is 0 Å². The number of ether oxygens (including phenoxy) is 1. The Balaban J connectivity index is 1.95. The molecule has 106 valence electrons. The molecule has 4 heteroatoms. The summed E-state index contributed by atoms with van der Waals surface area (Å²) in [6.07, 6.45) is 8.46. The molecule has 2 rings (SSSR count). The lowest BCUT2D eigenvalue weighted by Gasteiger charge is -2.27. The van der Waals surface area contributed by atoms with Crippen molar-refractivity contribution in [3.63, 3.8) is 0 Å². The second kappa shape index (κ2) is 6.22. The van der Waals surface area contributed by atoms with Crippen LogP contribution < -0.4 is 10.1 Å². The van der Waals surface area contributed by atoms with Gasteiger partial charge in [0.2, 0.25) is 11.8 Å². The van der Waals surface area contributed by atoms with E-state index in [2.05, 4.69) is 22.2 Å². The van der Waals surface area contributed by atoms with E-state index in [1.807, 2.05) is 13.8 Å². The smallest absolute Gasteiger partial charge is 0.225 e. The van der Waals surface area contributed by atoms with Crippen molar-refractivity contribution in [3.05, 3.63) is 12.3 Å². The summed E-state index contributed by atoms with van der Waals surface area (Å²) in [6.45, 7) is 7.25. The van der Waals surface area contributed by atoms with Crippen molar-refractivity contribution in [2.75, 3.05) is 11.9 Å². The van der Waals surface area contributed by atoms with Crippen LogP contribution >= 0.6 is 0 Å². The maximum Gasteiger partial charge on any atom is 0.225 e. The summed E-state index contributed by atoms with van der Waals surface area (Å²) in [5.41, 5.74) is 0.443. The molecule has 4 nitrogen and oxygen atoms in total. The lowest BCUT2D eigenvalue weighted by molar-refractivity contribution is 0.232. The van der Waals surface area contributed by atoms with Gasteiger partial charge in [-0.1, -0.05) is 19.8 Å². The van der Waals surface area contributed by atoms with Crippen molar-refractivity contribution < 1.29 is 4.74 Å². The molecule has 1 N–H and O–H groups in total. The summed E-state index contributed by atoms with van der Waals surface area (Å²) in [6, 6.07) is 1.80. The number of hydrogen-bond acceptors (Lipinski definition) is 4. The summed E-state index contributed by atoms with van der Waals surface area (Å²) < 4.78 is 5.59. The molecule has 19 heavy (non-hydrogen) atoms. The summed E-state index contributed by atoms with van der Waals surface area (Å²) in [5, 5.41) is 3.39. The van der Waals surface area contributed by atoms with Crippen LogP contribution in [-0.2, 0) is 0 Å². The molecule has 1 fully saturated rings. The molecule has 1 aliphatic rings. The summed E-state index contributed by atoms with van der Waals surface area (Å²) >= 11 is 0. The van der Waals surface area contributed by atoms with E-state index in [9.17, 15) is 0 Å². The highest BCUT2D eigenvalue weighted by molar-refractivity contribution is 5.28. The van der Waals surface area contributed by atoms with Crippen LogP contribution in [-0.4, -0.2) is 22.6 Å². The molecule has 1 aromatic rings.